The van der Waals surface area contributed by atoms with E-state index in [1.165, 1.54) is 0 Å². The molecule has 2 rings (SSSR count). The zero-order valence-corrected chi connectivity index (χ0v) is 10.2. The lowest BCUT2D eigenvalue weighted by Crippen LogP contribution is -2.41. The number of halogens is 1. The second kappa shape index (κ2) is 7.27. The molecule has 1 N–H and O–H groups in total. The van der Waals surface area contributed by atoms with E-state index in [9.17, 15) is 4.79 Å². The molecule has 4 nitrogen and oxygen atoms in total. The van der Waals surface area contributed by atoms with Gasteiger partial charge in [0.25, 0.3) is 0 Å². The van der Waals surface area contributed by atoms with Gasteiger partial charge in [-0.3, -0.25) is 0 Å². The molecule has 0 aromatic heterocycles. The van der Waals surface area contributed by atoms with Crippen LogP contribution in [0.2, 0.25) is 0 Å². The first-order chi connectivity index (χ1) is 7.86. The number of rotatable bonds is 3. The number of morpholine rings is 1. The summed E-state index contributed by atoms with van der Waals surface area (Å²) in [6.07, 6.45) is -0.0265. The highest BCUT2D eigenvalue weighted by molar-refractivity contribution is 5.89. The van der Waals surface area contributed by atoms with Gasteiger partial charge in [0.1, 0.15) is 12.7 Å². The van der Waals surface area contributed by atoms with Crippen LogP contribution in [0, 0.1) is 0 Å². The minimum atomic E-state index is -0.297. The Morgan fingerprint density at radius 1 is 1.41 bits per heavy atom. The number of benzene rings is 1. The van der Waals surface area contributed by atoms with Crippen LogP contribution in [0.1, 0.15) is 10.4 Å². The van der Waals surface area contributed by atoms with Gasteiger partial charge in [0.05, 0.1) is 12.2 Å². The third-order valence-corrected chi connectivity index (χ3v) is 2.41. The van der Waals surface area contributed by atoms with Crippen LogP contribution >= 0.6 is 12.4 Å². The highest BCUT2D eigenvalue weighted by Crippen LogP contribution is 2.03. The maximum absolute atomic E-state index is 11.6. The first-order valence-electron chi connectivity index (χ1n) is 5.41. The monoisotopic (exact) mass is 257 g/mol. The molecule has 1 saturated heterocycles. The van der Waals surface area contributed by atoms with E-state index in [1.807, 2.05) is 18.2 Å². The van der Waals surface area contributed by atoms with E-state index in [4.69, 9.17) is 9.47 Å². The first kappa shape index (κ1) is 14.0. The maximum Gasteiger partial charge on any atom is 0.338 e. The van der Waals surface area contributed by atoms with Crippen molar-refractivity contribution in [2.45, 2.75) is 6.10 Å². The van der Waals surface area contributed by atoms with Crippen LogP contribution in [0.5, 0.6) is 0 Å². The van der Waals surface area contributed by atoms with Crippen molar-refractivity contribution in [3.63, 3.8) is 0 Å². The number of carbonyl (C=O) groups is 1. The number of hydrogen-bond donors (Lipinski definition) is 1. The van der Waals surface area contributed by atoms with Crippen molar-refractivity contribution in [2.24, 2.45) is 0 Å². The van der Waals surface area contributed by atoms with Crippen molar-refractivity contribution < 1.29 is 14.3 Å². The molecule has 0 spiro atoms. The Labute approximate surface area is 107 Å². The van der Waals surface area contributed by atoms with Gasteiger partial charge in [-0.05, 0) is 12.1 Å². The average Bonchev–Trinajstić information content (AvgIpc) is 2.38. The lowest BCUT2D eigenvalue weighted by atomic mass is 10.2. The summed E-state index contributed by atoms with van der Waals surface area (Å²) in [5.74, 6) is -0.297. The summed E-state index contributed by atoms with van der Waals surface area (Å²) >= 11 is 0. The van der Waals surface area contributed by atoms with Crippen molar-refractivity contribution in [3.8, 4) is 0 Å². The molecule has 0 aliphatic carbocycles. The van der Waals surface area contributed by atoms with Crippen molar-refractivity contribution in [1.29, 1.82) is 0 Å². The molecule has 1 atom stereocenters. The second-order valence-electron chi connectivity index (χ2n) is 3.66. The molecule has 1 aliphatic rings. The Bertz CT molecular complexity index is 339. The molecule has 0 amide bonds. The van der Waals surface area contributed by atoms with E-state index >= 15 is 0 Å². The van der Waals surface area contributed by atoms with E-state index in [1.54, 1.807) is 12.1 Å². The average molecular weight is 258 g/mol. The minimum Gasteiger partial charge on any atom is -0.459 e. The molecule has 0 radical (unpaired) electrons. The van der Waals surface area contributed by atoms with E-state index in [2.05, 4.69) is 5.32 Å². The summed E-state index contributed by atoms with van der Waals surface area (Å²) in [6, 6.07) is 8.97. The van der Waals surface area contributed by atoms with E-state index in [0.717, 1.165) is 13.1 Å². The summed E-state index contributed by atoms with van der Waals surface area (Å²) in [5.41, 5.74) is 0.575. The highest BCUT2D eigenvalue weighted by atomic mass is 35.5. The minimum absolute atomic E-state index is 0. The molecule has 1 fully saturated rings. The zero-order valence-electron chi connectivity index (χ0n) is 9.43. The van der Waals surface area contributed by atoms with Gasteiger partial charge in [-0.25, -0.2) is 4.79 Å². The third-order valence-electron chi connectivity index (χ3n) is 2.41. The lowest BCUT2D eigenvalue weighted by Gasteiger charge is -2.23. The van der Waals surface area contributed by atoms with Crippen LogP contribution in [-0.2, 0) is 9.47 Å². The SMILES string of the molecule is Cl.O=C(OC[C@@H]1CNCCO1)c1ccccc1. The molecule has 1 heterocycles. The third kappa shape index (κ3) is 4.34. The van der Waals surface area contributed by atoms with Gasteiger partial charge in [0.2, 0.25) is 0 Å². The van der Waals surface area contributed by atoms with Crippen LogP contribution in [0.4, 0.5) is 0 Å². The number of esters is 1. The van der Waals surface area contributed by atoms with Crippen LogP contribution in [0.3, 0.4) is 0 Å². The van der Waals surface area contributed by atoms with Gasteiger partial charge in [0.15, 0.2) is 0 Å². The molecular formula is C12H16ClNO3. The number of nitrogens with one attached hydrogen (secondary N) is 1. The fourth-order valence-electron chi connectivity index (χ4n) is 1.55. The second-order valence-corrected chi connectivity index (χ2v) is 3.66. The van der Waals surface area contributed by atoms with Crippen molar-refractivity contribution in [1.82, 2.24) is 5.32 Å². The van der Waals surface area contributed by atoms with E-state index < -0.39 is 0 Å². The van der Waals surface area contributed by atoms with Gasteiger partial charge in [-0.1, -0.05) is 18.2 Å². The van der Waals surface area contributed by atoms with Gasteiger partial charge in [0, 0.05) is 13.1 Å². The molecule has 1 aromatic rings. The van der Waals surface area contributed by atoms with Gasteiger partial charge in [-0.2, -0.15) is 0 Å². The Hall–Kier alpha value is -1.10. The summed E-state index contributed by atoms with van der Waals surface area (Å²) in [5, 5.41) is 3.18. The summed E-state index contributed by atoms with van der Waals surface area (Å²) in [7, 11) is 0. The Morgan fingerprint density at radius 3 is 2.82 bits per heavy atom. The molecule has 17 heavy (non-hydrogen) atoms. The molecule has 0 unspecified atom stereocenters. The predicted octanol–water partition coefficient (Wildman–Crippen LogP) is 1.25. The molecule has 0 saturated carbocycles. The Balaban J connectivity index is 0.00000144. The zero-order chi connectivity index (χ0) is 11.2. The van der Waals surface area contributed by atoms with Crippen LogP contribution < -0.4 is 5.32 Å². The first-order valence-corrected chi connectivity index (χ1v) is 5.41. The molecule has 94 valence electrons. The topological polar surface area (TPSA) is 47.6 Å². The van der Waals surface area contributed by atoms with Gasteiger partial charge >= 0.3 is 5.97 Å². The largest absolute Gasteiger partial charge is 0.459 e. The summed E-state index contributed by atoms with van der Waals surface area (Å²) < 4.78 is 10.6. The molecule has 1 aliphatic heterocycles. The maximum atomic E-state index is 11.6. The molecule has 0 bridgehead atoms. The lowest BCUT2D eigenvalue weighted by molar-refractivity contribution is -0.0214. The standard InChI is InChI=1S/C12H15NO3.ClH/c14-12(10-4-2-1-3-5-10)16-9-11-8-13-6-7-15-11;/h1-5,11,13H,6-9H2;1H/t11-;/m0./s1. The number of hydrogen-bond acceptors (Lipinski definition) is 4. The smallest absolute Gasteiger partial charge is 0.338 e. The predicted molar refractivity (Wildman–Crippen MR) is 66.6 cm³/mol. The normalized spacial score (nSPS) is 19.2. The van der Waals surface area contributed by atoms with E-state index in [0.29, 0.717) is 18.8 Å². The van der Waals surface area contributed by atoms with E-state index in [-0.39, 0.29) is 24.5 Å². The van der Waals surface area contributed by atoms with Crippen molar-refractivity contribution in [3.05, 3.63) is 35.9 Å². The molecule has 1 aromatic carbocycles. The Kier molecular flexibility index (Phi) is 5.97. The number of carbonyl (C=O) groups excluding carboxylic acids is 1. The van der Waals surface area contributed by atoms with Crippen LogP contribution in [-0.4, -0.2) is 38.4 Å². The van der Waals surface area contributed by atoms with Crippen LogP contribution in [0.25, 0.3) is 0 Å². The molecule has 5 heteroatoms. The fraction of sp³-hybridized carbons (Fsp3) is 0.417. The summed E-state index contributed by atoms with van der Waals surface area (Å²) in [4.78, 5) is 11.6. The highest BCUT2D eigenvalue weighted by Gasteiger charge is 2.16. The molecular weight excluding hydrogens is 242 g/mol. The summed E-state index contributed by atoms with van der Waals surface area (Å²) in [6.45, 7) is 2.58. The van der Waals surface area contributed by atoms with Gasteiger partial charge in [-0.15, -0.1) is 12.4 Å². The van der Waals surface area contributed by atoms with Crippen molar-refractivity contribution >= 4 is 18.4 Å². The van der Waals surface area contributed by atoms with Gasteiger partial charge < -0.3 is 14.8 Å². The van der Waals surface area contributed by atoms with Crippen molar-refractivity contribution in [2.75, 3.05) is 26.3 Å². The quantitative estimate of drug-likeness (QED) is 0.828. The number of ether oxygens (including phenoxy) is 2. The van der Waals surface area contributed by atoms with Crippen LogP contribution in [0.15, 0.2) is 30.3 Å². The Morgan fingerprint density at radius 2 is 2.18 bits per heavy atom. The fourth-order valence-corrected chi connectivity index (χ4v) is 1.55.